The van der Waals surface area contributed by atoms with Gasteiger partial charge in [0.05, 0.1) is 46.5 Å². The summed E-state index contributed by atoms with van der Waals surface area (Å²) in [5.41, 5.74) is 1.06. The Morgan fingerprint density at radius 2 is 2.10 bits per heavy atom. The minimum atomic E-state index is -4.39. The monoisotopic (exact) mass is 602 g/mol. The number of halogens is 3. The van der Waals surface area contributed by atoms with Crippen LogP contribution in [-0.4, -0.2) is 71.1 Å². The summed E-state index contributed by atoms with van der Waals surface area (Å²) < 4.78 is 49.8. The average Bonchev–Trinajstić information content (AvgIpc) is 3.55. The summed E-state index contributed by atoms with van der Waals surface area (Å²) in [5.74, 6) is -1.85. The fraction of sp³-hybridized carbons (Fsp3) is 0.478. The van der Waals surface area contributed by atoms with E-state index in [0.717, 1.165) is 11.4 Å². The van der Waals surface area contributed by atoms with Crippen LogP contribution >= 0.6 is 24.8 Å². The van der Waals surface area contributed by atoms with E-state index >= 15 is 0 Å². The number of rotatable bonds is 9. The largest absolute Gasteiger partial charge is 0.476 e. The zero-order chi connectivity index (χ0) is 29.4. The molecule has 4 heterocycles. The van der Waals surface area contributed by atoms with E-state index < -0.39 is 35.6 Å². The fourth-order valence-electron chi connectivity index (χ4n) is 4.07. The first-order valence-electron chi connectivity index (χ1n) is 12.1. The summed E-state index contributed by atoms with van der Waals surface area (Å²) in [4.78, 5) is 18.7. The lowest BCUT2D eigenvalue weighted by atomic mass is 10.2. The normalized spacial score (nSPS) is 20.1. The summed E-state index contributed by atoms with van der Waals surface area (Å²) in [6, 6.07) is 4.40. The summed E-state index contributed by atoms with van der Waals surface area (Å²) in [6.45, 7) is 4.05. The van der Waals surface area contributed by atoms with Crippen LogP contribution in [0, 0.1) is 12.8 Å². The molecule has 0 aliphatic carbocycles. The number of thiol groups is 1. The van der Waals surface area contributed by atoms with Crippen LogP contribution in [0.1, 0.15) is 36.3 Å². The quantitative estimate of drug-likeness (QED) is 0.164. The molecule has 0 aromatic carbocycles. The Bertz CT molecular complexity index is 1370. The number of carbonyl (C=O) groups excluding carboxylic acids is 1. The number of anilines is 2. The number of hydrogen-bond acceptors (Lipinski definition) is 11. The maximum atomic E-state index is 13.2. The number of pyridine rings is 1. The number of β-amino-alcohol motifs (C(OH)–C–C–N with tert-alkyl or cyclic N) is 1. The van der Waals surface area contributed by atoms with Crippen molar-refractivity contribution < 1.29 is 33.0 Å². The molecule has 4 rings (SSSR count). The number of carbonyl (C=O) groups is 1. The van der Waals surface area contributed by atoms with Gasteiger partial charge in [-0.2, -0.15) is 35.4 Å². The molecule has 1 saturated heterocycles. The predicted molar refractivity (Wildman–Crippen MR) is 145 cm³/mol. The molecule has 3 aromatic heterocycles. The molecule has 0 bridgehead atoms. The minimum absolute atomic E-state index is 0.0259. The van der Waals surface area contributed by atoms with Gasteiger partial charge < -0.3 is 14.7 Å². The van der Waals surface area contributed by atoms with Crippen molar-refractivity contribution in [3.63, 3.8) is 0 Å². The number of aliphatic hydroxyl groups is 1. The molecule has 218 valence electrons. The van der Waals surface area contributed by atoms with Crippen LogP contribution in [0.15, 0.2) is 30.6 Å². The number of nitrogens with zero attached hydrogens (tertiary/aromatic N) is 7. The Morgan fingerprint density at radius 1 is 1.38 bits per heavy atom. The van der Waals surface area contributed by atoms with Crippen molar-refractivity contribution >= 4 is 42.2 Å². The third kappa shape index (κ3) is 6.59. The average molecular weight is 603 g/mol. The zero-order valence-electron chi connectivity index (χ0n) is 22.0. The summed E-state index contributed by atoms with van der Waals surface area (Å²) in [5, 5.41) is 29.0. The first-order valence-corrected chi connectivity index (χ1v) is 13.3. The maximum absolute atomic E-state index is 13.2. The molecule has 0 spiro atoms. The van der Waals surface area contributed by atoms with Gasteiger partial charge in [0.15, 0.2) is 5.82 Å². The number of alkyl halides is 3. The molecule has 3 N–H and O–H groups in total. The second kappa shape index (κ2) is 11.4. The van der Waals surface area contributed by atoms with E-state index in [4.69, 9.17) is 4.74 Å². The van der Waals surface area contributed by atoms with E-state index in [0.29, 0.717) is 29.9 Å². The highest BCUT2D eigenvalue weighted by atomic mass is 32.2. The third-order valence-corrected chi connectivity index (χ3v) is 7.29. The van der Waals surface area contributed by atoms with Crippen LogP contribution in [0.2, 0.25) is 0 Å². The van der Waals surface area contributed by atoms with Crippen LogP contribution in [0.3, 0.4) is 0 Å². The van der Waals surface area contributed by atoms with Gasteiger partial charge in [-0.25, -0.2) is 9.67 Å². The second-order valence-corrected chi connectivity index (χ2v) is 11.3. The van der Waals surface area contributed by atoms with Gasteiger partial charge in [-0.1, -0.05) is 6.92 Å². The maximum Gasteiger partial charge on any atom is 0.394 e. The van der Waals surface area contributed by atoms with Gasteiger partial charge in [0.1, 0.15) is 18.1 Å². The number of amides is 1. The Morgan fingerprint density at radius 3 is 2.70 bits per heavy atom. The summed E-state index contributed by atoms with van der Waals surface area (Å²) in [6.07, 6.45) is -1.76. The molecule has 0 saturated carbocycles. The highest BCUT2D eigenvalue weighted by Gasteiger charge is 2.41. The van der Waals surface area contributed by atoms with Gasteiger partial charge >= 0.3 is 6.18 Å². The Kier molecular flexibility index (Phi) is 8.49. The smallest absolute Gasteiger partial charge is 0.394 e. The number of aryl methyl sites for hydroxylation is 2. The van der Waals surface area contributed by atoms with Crippen LogP contribution in [0.25, 0.3) is 5.82 Å². The molecular formula is C23H29F3N8O4S2. The van der Waals surface area contributed by atoms with Crippen LogP contribution in [0.5, 0.6) is 5.88 Å². The molecule has 40 heavy (non-hydrogen) atoms. The van der Waals surface area contributed by atoms with E-state index in [9.17, 15) is 28.3 Å². The molecule has 1 fully saturated rings. The molecule has 3 atom stereocenters. The number of hydrogen-bond donors (Lipinski definition) is 4. The van der Waals surface area contributed by atoms with E-state index in [1.807, 2.05) is 0 Å². The van der Waals surface area contributed by atoms with Crippen molar-refractivity contribution in [1.82, 2.24) is 29.3 Å². The van der Waals surface area contributed by atoms with E-state index in [1.165, 1.54) is 33.8 Å². The topological polar surface area (TPSA) is 134 Å². The third-order valence-electron chi connectivity index (χ3n) is 6.22. The minimum Gasteiger partial charge on any atom is -0.476 e. The molecule has 1 amide bonds. The van der Waals surface area contributed by atoms with Crippen molar-refractivity contribution in [1.29, 1.82) is 0 Å². The zero-order valence-corrected chi connectivity index (χ0v) is 23.7. The Hall–Kier alpha value is -3.15. The van der Waals surface area contributed by atoms with E-state index in [1.54, 1.807) is 32.0 Å². The van der Waals surface area contributed by atoms with Crippen LogP contribution in [0.4, 0.5) is 24.7 Å². The van der Waals surface area contributed by atoms with Crippen molar-refractivity contribution in [3.05, 3.63) is 41.9 Å². The first kappa shape index (κ1) is 29.8. The first-order chi connectivity index (χ1) is 18.7. The van der Waals surface area contributed by atoms with E-state index in [2.05, 4.69) is 32.5 Å². The molecule has 12 nitrogen and oxygen atoms in total. The second-order valence-electron chi connectivity index (χ2n) is 9.65. The van der Waals surface area contributed by atoms with Crippen molar-refractivity contribution in [2.45, 2.75) is 44.3 Å². The predicted octanol–water partition coefficient (Wildman–Crippen LogP) is 3.29. The van der Waals surface area contributed by atoms with Gasteiger partial charge in [0.25, 0.3) is 5.91 Å². The lowest BCUT2D eigenvalue weighted by Gasteiger charge is -2.32. The Balaban J connectivity index is 1.58. The highest BCUT2D eigenvalue weighted by Crippen LogP contribution is 2.38. The van der Waals surface area contributed by atoms with Crippen molar-refractivity contribution in [3.8, 4) is 11.7 Å². The standard InChI is InChI=1S/C23H29F3N8O4S2/c1-13(23(24,25)26)12-38-19-7-8-33(29-19)18-6-5-16(20(27-18)32-10-15(35)9-22(32,3)39)21(36)30-40-34(37)17-11-31(4)28-14(17)2/h5-8,11,13,15,35,37,39H,9-10,12H2,1-4H3,(H,30,36). The lowest BCUT2D eigenvalue weighted by Crippen LogP contribution is -2.38. The van der Waals surface area contributed by atoms with Crippen molar-refractivity contribution in [2.75, 3.05) is 22.5 Å². The fourth-order valence-corrected chi connectivity index (χ4v) is 5.02. The molecular weight excluding hydrogens is 573 g/mol. The molecule has 3 aromatic rings. The van der Waals surface area contributed by atoms with Gasteiger partial charge in [0, 0.05) is 32.3 Å². The molecule has 0 radical (unpaired) electrons. The SMILES string of the molecule is Cc1nn(C)cc1N(O)SNC(=O)c1ccc(-n2ccc(OCC(C)C(F)(F)F)n2)nc1N1CC(O)CC1(C)S. The van der Waals surface area contributed by atoms with Crippen molar-refractivity contribution in [2.24, 2.45) is 13.0 Å². The summed E-state index contributed by atoms with van der Waals surface area (Å²) >= 11 is 5.30. The van der Waals surface area contributed by atoms with Gasteiger partial charge in [-0.15, -0.1) is 5.10 Å². The molecule has 1 aliphatic rings. The van der Waals surface area contributed by atoms with Gasteiger partial charge in [0.2, 0.25) is 5.88 Å². The highest BCUT2D eigenvalue weighted by molar-refractivity contribution is 7.99. The van der Waals surface area contributed by atoms with Gasteiger partial charge in [-0.3, -0.25) is 19.4 Å². The number of ether oxygens (including phenoxy) is 1. The number of aromatic nitrogens is 5. The van der Waals surface area contributed by atoms with E-state index in [-0.39, 0.29) is 29.6 Å². The Labute approximate surface area is 237 Å². The van der Waals surface area contributed by atoms with Gasteiger partial charge in [-0.05, 0) is 26.0 Å². The van der Waals surface area contributed by atoms with Crippen LogP contribution < -0.4 is 18.8 Å². The summed E-state index contributed by atoms with van der Waals surface area (Å²) in [7, 11) is 1.70. The molecule has 3 unspecified atom stereocenters. The number of aliphatic hydroxyl groups excluding tert-OH is 1. The molecule has 1 aliphatic heterocycles. The van der Waals surface area contributed by atoms with Crippen LogP contribution in [-0.2, 0) is 7.05 Å². The number of nitrogens with one attached hydrogen (secondary N) is 1. The lowest BCUT2D eigenvalue weighted by molar-refractivity contribution is -0.176. The molecule has 17 heteroatoms.